The molecule has 0 amide bonds. The molecule has 1 aromatic rings. The van der Waals surface area contributed by atoms with Crippen LogP contribution in [-0.2, 0) is 0 Å². The Bertz CT molecular complexity index is 397. The first-order valence-corrected chi connectivity index (χ1v) is 7.10. The molecule has 0 unspecified atom stereocenters. The molecule has 1 rings (SSSR count). The Hall–Kier alpha value is -0.150. The van der Waals surface area contributed by atoms with E-state index in [2.05, 4.69) is 19.2 Å². The zero-order valence-corrected chi connectivity index (χ0v) is 12.8. The molecule has 0 spiro atoms. The van der Waals surface area contributed by atoms with Crippen LogP contribution in [0.4, 0.5) is 5.69 Å². The molecule has 0 radical (unpaired) electrons. The molecule has 0 bridgehead atoms. The topological polar surface area (TPSA) is 32.3 Å². The van der Waals surface area contributed by atoms with Gasteiger partial charge in [0.25, 0.3) is 0 Å². The van der Waals surface area contributed by atoms with E-state index in [1.807, 2.05) is 0 Å². The third-order valence-corrected chi connectivity index (χ3v) is 4.53. The average Bonchev–Trinajstić information content (AvgIpc) is 2.37. The van der Waals surface area contributed by atoms with Gasteiger partial charge in [0, 0.05) is 12.0 Å². The second-order valence-electron chi connectivity index (χ2n) is 4.46. The van der Waals surface area contributed by atoms with Crippen LogP contribution >= 0.6 is 34.8 Å². The minimum atomic E-state index is -0.130. The first-order chi connectivity index (χ1) is 8.48. The summed E-state index contributed by atoms with van der Waals surface area (Å²) >= 11 is 17.9. The highest BCUT2D eigenvalue weighted by Crippen LogP contribution is 2.34. The maximum absolute atomic E-state index is 9.50. The Balaban J connectivity index is 2.83. The van der Waals surface area contributed by atoms with Gasteiger partial charge in [-0.25, -0.2) is 0 Å². The van der Waals surface area contributed by atoms with Crippen molar-refractivity contribution in [2.24, 2.45) is 5.41 Å². The molecule has 0 saturated heterocycles. The molecular weight excluding hydrogens is 293 g/mol. The molecule has 102 valence electrons. The molecule has 0 aliphatic carbocycles. The molecule has 0 heterocycles. The molecule has 2 nitrogen and oxygen atoms in total. The molecule has 0 atom stereocenters. The summed E-state index contributed by atoms with van der Waals surface area (Å²) in [6.07, 6.45) is 1.79. The van der Waals surface area contributed by atoms with Gasteiger partial charge in [0.1, 0.15) is 0 Å². The van der Waals surface area contributed by atoms with Crippen molar-refractivity contribution in [3.05, 3.63) is 27.2 Å². The van der Waals surface area contributed by atoms with Crippen molar-refractivity contribution in [3.8, 4) is 0 Å². The molecule has 1 aromatic carbocycles. The Morgan fingerprint density at radius 3 is 2.11 bits per heavy atom. The molecule has 0 saturated carbocycles. The summed E-state index contributed by atoms with van der Waals surface area (Å²) < 4.78 is 0. The lowest BCUT2D eigenvalue weighted by Gasteiger charge is -2.30. The minimum Gasteiger partial charge on any atom is -0.396 e. The molecule has 2 N–H and O–H groups in total. The van der Waals surface area contributed by atoms with E-state index in [4.69, 9.17) is 34.8 Å². The van der Waals surface area contributed by atoms with E-state index >= 15 is 0 Å². The number of aliphatic hydroxyl groups excluding tert-OH is 1. The van der Waals surface area contributed by atoms with Crippen molar-refractivity contribution in [1.82, 2.24) is 0 Å². The number of anilines is 1. The summed E-state index contributed by atoms with van der Waals surface area (Å²) in [5, 5.41) is 14.2. The molecule has 0 fully saturated rings. The van der Waals surface area contributed by atoms with E-state index in [9.17, 15) is 5.11 Å². The van der Waals surface area contributed by atoms with Crippen molar-refractivity contribution in [2.75, 3.05) is 18.5 Å². The fourth-order valence-electron chi connectivity index (χ4n) is 1.72. The van der Waals surface area contributed by atoms with Crippen molar-refractivity contribution < 1.29 is 5.11 Å². The fourth-order valence-corrected chi connectivity index (χ4v) is 2.33. The van der Waals surface area contributed by atoms with Crippen LogP contribution in [0.1, 0.15) is 26.7 Å². The van der Waals surface area contributed by atoms with Crippen LogP contribution in [0.5, 0.6) is 0 Å². The van der Waals surface area contributed by atoms with Gasteiger partial charge in [-0.05, 0) is 25.0 Å². The first kappa shape index (κ1) is 15.9. The zero-order valence-electron chi connectivity index (χ0n) is 10.6. The van der Waals surface area contributed by atoms with Gasteiger partial charge in [0.15, 0.2) is 0 Å². The van der Waals surface area contributed by atoms with Crippen molar-refractivity contribution >= 4 is 40.5 Å². The van der Waals surface area contributed by atoms with Crippen LogP contribution in [0.3, 0.4) is 0 Å². The average molecular weight is 311 g/mol. The van der Waals surface area contributed by atoms with Crippen LogP contribution in [0.2, 0.25) is 15.1 Å². The Kier molecular flexibility index (Phi) is 6.06. The van der Waals surface area contributed by atoms with Crippen LogP contribution in [0.15, 0.2) is 12.1 Å². The Labute approximate surface area is 123 Å². The van der Waals surface area contributed by atoms with Crippen LogP contribution in [0.25, 0.3) is 0 Å². The van der Waals surface area contributed by atoms with Gasteiger partial charge in [-0.1, -0.05) is 48.7 Å². The molecular formula is C13H18Cl3NO. The zero-order chi connectivity index (χ0) is 13.8. The number of hydrogen-bond acceptors (Lipinski definition) is 2. The van der Waals surface area contributed by atoms with Crippen LogP contribution in [-0.4, -0.2) is 18.3 Å². The van der Waals surface area contributed by atoms with E-state index in [1.54, 1.807) is 12.1 Å². The second kappa shape index (κ2) is 6.85. The lowest BCUT2D eigenvalue weighted by atomic mass is 9.83. The Morgan fingerprint density at radius 1 is 1.06 bits per heavy atom. The standard InChI is InChI=1S/C13H18Cl3NO/c1-3-13(4-2,8-18)7-17-12-6-10(15)9(14)5-11(12)16/h5-6,17-18H,3-4,7-8H2,1-2H3. The molecule has 5 heteroatoms. The summed E-state index contributed by atoms with van der Waals surface area (Å²) in [7, 11) is 0. The molecule has 18 heavy (non-hydrogen) atoms. The monoisotopic (exact) mass is 309 g/mol. The smallest absolute Gasteiger partial charge is 0.0653 e. The summed E-state index contributed by atoms with van der Waals surface area (Å²) in [5.41, 5.74) is 0.612. The number of benzene rings is 1. The minimum absolute atomic E-state index is 0.130. The lowest BCUT2D eigenvalue weighted by Crippen LogP contribution is -2.32. The third-order valence-electron chi connectivity index (χ3n) is 3.50. The maximum Gasteiger partial charge on any atom is 0.0653 e. The van der Waals surface area contributed by atoms with E-state index < -0.39 is 0 Å². The summed E-state index contributed by atoms with van der Waals surface area (Å²) in [5.74, 6) is 0. The predicted molar refractivity (Wildman–Crippen MR) is 80.1 cm³/mol. The second-order valence-corrected chi connectivity index (χ2v) is 5.69. The first-order valence-electron chi connectivity index (χ1n) is 5.97. The van der Waals surface area contributed by atoms with E-state index in [1.165, 1.54) is 0 Å². The number of nitrogens with one attached hydrogen (secondary N) is 1. The predicted octanol–water partition coefficient (Wildman–Crippen LogP) is 4.86. The number of aliphatic hydroxyl groups is 1. The van der Waals surface area contributed by atoms with Crippen molar-refractivity contribution in [2.45, 2.75) is 26.7 Å². The lowest BCUT2D eigenvalue weighted by molar-refractivity contribution is 0.127. The summed E-state index contributed by atoms with van der Waals surface area (Å²) in [6.45, 7) is 4.93. The van der Waals surface area contributed by atoms with Crippen LogP contribution in [0, 0.1) is 5.41 Å². The van der Waals surface area contributed by atoms with Crippen LogP contribution < -0.4 is 5.32 Å². The largest absolute Gasteiger partial charge is 0.396 e. The number of rotatable bonds is 6. The van der Waals surface area contributed by atoms with Crippen molar-refractivity contribution in [3.63, 3.8) is 0 Å². The van der Waals surface area contributed by atoms with Gasteiger partial charge in [-0.2, -0.15) is 0 Å². The maximum atomic E-state index is 9.50. The number of halogens is 3. The van der Waals surface area contributed by atoms with E-state index in [-0.39, 0.29) is 12.0 Å². The molecule has 0 aromatic heterocycles. The number of hydrogen-bond donors (Lipinski definition) is 2. The molecule has 0 aliphatic heterocycles. The van der Waals surface area contributed by atoms with Gasteiger partial charge in [0.2, 0.25) is 0 Å². The van der Waals surface area contributed by atoms with E-state index in [0.29, 0.717) is 21.6 Å². The molecule has 0 aliphatic rings. The third kappa shape index (κ3) is 3.67. The Morgan fingerprint density at radius 2 is 1.61 bits per heavy atom. The van der Waals surface area contributed by atoms with Gasteiger partial charge < -0.3 is 10.4 Å². The van der Waals surface area contributed by atoms with Crippen molar-refractivity contribution in [1.29, 1.82) is 0 Å². The highest BCUT2D eigenvalue weighted by Gasteiger charge is 2.25. The normalized spacial score (nSPS) is 11.7. The highest BCUT2D eigenvalue weighted by atomic mass is 35.5. The quantitative estimate of drug-likeness (QED) is 0.736. The SMILES string of the molecule is CCC(CC)(CO)CNc1cc(Cl)c(Cl)cc1Cl. The van der Waals surface area contributed by atoms with E-state index in [0.717, 1.165) is 18.5 Å². The van der Waals surface area contributed by atoms with Gasteiger partial charge in [0.05, 0.1) is 27.4 Å². The summed E-state index contributed by atoms with van der Waals surface area (Å²) in [4.78, 5) is 0. The van der Waals surface area contributed by atoms with Gasteiger partial charge >= 0.3 is 0 Å². The summed E-state index contributed by atoms with van der Waals surface area (Å²) in [6, 6.07) is 3.33. The van der Waals surface area contributed by atoms with Gasteiger partial charge in [-0.15, -0.1) is 0 Å². The highest BCUT2D eigenvalue weighted by molar-refractivity contribution is 6.44. The van der Waals surface area contributed by atoms with Gasteiger partial charge in [-0.3, -0.25) is 0 Å². The fraction of sp³-hybridized carbons (Fsp3) is 0.538.